The Balaban J connectivity index is 1.96. The molecule has 0 saturated heterocycles. The Bertz CT molecular complexity index is 477. The average molecular weight is 252 g/mol. The molecule has 0 unspecified atom stereocenters. The van der Waals surface area contributed by atoms with Crippen LogP contribution < -0.4 is 9.47 Å². The van der Waals surface area contributed by atoms with Gasteiger partial charge in [-0.3, -0.25) is 0 Å². The second kappa shape index (κ2) is 4.26. The Morgan fingerprint density at radius 2 is 2.00 bits per heavy atom. The van der Waals surface area contributed by atoms with E-state index in [1.807, 2.05) is 12.1 Å². The number of benzene rings is 1. The molecule has 0 aromatic heterocycles. The van der Waals surface area contributed by atoms with Gasteiger partial charge < -0.3 is 9.47 Å². The van der Waals surface area contributed by atoms with E-state index < -0.39 is 6.61 Å². The first kappa shape index (κ1) is 11.5. The molecule has 1 aromatic rings. The first-order chi connectivity index (χ1) is 8.69. The second-order valence-corrected chi connectivity index (χ2v) is 4.76. The topological polar surface area (TPSA) is 18.5 Å². The summed E-state index contributed by atoms with van der Waals surface area (Å²) in [6.45, 7) is -2.83. The van der Waals surface area contributed by atoms with Gasteiger partial charge in [0.05, 0.1) is 0 Å². The number of rotatable bonds is 2. The fourth-order valence-electron chi connectivity index (χ4n) is 2.68. The Labute approximate surface area is 104 Å². The van der Waals surface area contributed by atoms with Crippen LogP contribution in [-0.2, 0) is 0 Å². The molecule has 1 saturated carbocycles. The molecule has 1 heterocycles. The predicted molar refractivity (Wildman–Crippen MR) is 63.9 cm³/mol. The minimum atomic E-state index is -2.83. The summed E-state index contributed by atoms with van der Waals surface area (Å²) in [4.78, 5) is 0. The zero-order valence-electron chi connectivity index (χ0n) is 9.86. The number of fused-ring (bicyclic) bond motifs is 1. The summed E-state index contributed by atoms with van der Waals surface area (Å²) in [6.07, 6.45) is 8.09. The Kier molecular flexibility index (Phi) is 2.73. The van der Waals surface area contributed by atoms with Crippen molar-refractivity contribution in [1.82, 2.24) is 0 Å². The summed E-state index contributed by atoms with van der Waals surface area (Å²) in [5, 5.41) is 0. The van der Waals surface area contributed by atoms with E-state index in [2.05, 4.69) is 10.8 Å². The lowest BCUT2D eigenvalue weighted by Gasteiger charge is -2.32. The fraction of sp³-hybridized carbons (Fsp3) is 0.429. The van der Waals surface area contributed by atoms with Gasteiger partial charge in [-0.15, -0.1) is 0 Å². The Morgan fingerprint density at radius 3 is 2.72 bits per heavy atom. The molecule has 1 fully saturated rings. The van der Waals surface area contributed by atoms with Crippen LogP contribution in [0.3, 0.4) is 0 Å². The van der Waals surface area contributed by atoms with Crippen molar-refractivity contribution < 1.29 is 18.3 Å². The lowest BCUT2D eigenvalue weighted by atomic mass is 9.96. The molecule has 1 aromatic carbocycles. The van der Waals surface area contributed by atoms with E-state index >= 15 is 0 Å². The summed E-state index contributed by atoms with van der Waals surface area (Å²) < 4.78 is 35.2. The lowest BCUT2D eigenvalue weighted by molar-refractivity contribution is -0.0530. The van der Waals surface area contributed by atoms with Gasteiger partial charge in [-0.1, -0.05) is 18.2 Å². The van der Waals surface area contributed by atoms with Crippen molar-refractivity contribution in [2.75, 3.05) is 0 Å². The monoisotopic (exact) mass is 252 g/mol. The van der Waals surface area contributed by atoms with Crippen molar-refractivity contribution in [3.8, 4) is 11.5 Å². The van der Waals surface area contributed by atoms with Gasteiger partial charge in [-0.25, -0.2) is 0 Å². The molecule has 2 nitrogen and oxygen atoms in total. The van der Waals surface area contributed by atoms with Gasteiger partial charge >= 0.3 is 6.61 Å². The number of hydrogen-bond acceptors (Lipinski definition) is 2. The normalized spacial score (nSPS) is 19.9. The van der Waals surface area contributed by atoms with E-state index in [9.17, 15) is 8.78 Å². The van der Waals surface area contributed by atoms with Crippen LogP contribution in [0.5, 0.6) is 11.5 Å². The van der Waals surface area contributed by atoms with E-state index in [0.29, 0.717) is 5.75 Å². The van der Waals surface area contributed by atoms with Crippen LogP contribution in [0.2, 0.25) is 0 Å². The number of ether oxygens (including phenoxy) is 2. The third kappa shape index (κ3) is 1.96. The molecule has 4 heteroatoms. The highest BCUT2D eigenvalue weighted by Crippen LogP contribution is 2.45. The lowest BCUT2D eigenvalue weighted by Crippen LogP contribution is -2.32. The van der Waals surface area contributed by atoms with Crippen molar-refractivity contribution in [2.45, 2.75) is 37.9 Å². The first-order valence-electron chi connectivity index (χ1n) is 6.15. The van der Waals surface area contributed by atoms with Crippen molar-refractivity contribution in [3.05, 3.63) is 29.8 Å². The van der Waals surface area contributed by atoms with Crippen LogP contribution in [0.15, 0.2) is 24.3 Å². The number of halogens is 2. The van der Waals surface area contributed by atoms with Crippen LogP contribution in [0.25, 0.3) is 6.08 Å². The molecule has 1 spiro atoms. The van der Waals surface area contributed by atoms with E-state index in [0.717, 1.165) is 31.2 Å². The van der Waals surface area contributed by atoms with E-state index in [4.69, 9.17) is 4.74 Å². The van der Waals surface area contributed by atoms with Gasteiger partial charge in [0.1, 0.15) is 5.60 Å². The Morgan fingerprint density at radius 1 is 1.22 bits per heavy atom. The Hall–Kier alpha value is -1.58. The third-order valence-electron chi connectivity index (χ3n) is 3.55. The van der Waals surface area contributed by atoms with E-state index in [-0.39, 0.29) is 11.4 Å². The summed E-state index contributed by atoms with van der Waals surface area (Å²) in [7, 11) is 0. The van der Waals surface area contributed by atoms with Crippen LogP contribution in [-0.4, -0.2) is 12.2 Å². The van der Waals surface area contributed by atoms with Crippen LogP contribution >= 0.6 is 0 Å². The maximum atomic E-state index is 12.4. The van der Waals surface area contributed by atoms with Crippen molar-refractivity contribution in [1.29, 1.82) is 0 Å². The van der Waals surface area contributed by atoms with Gasteiger partial charge in [-0.2, -0.15) is 8.78 Å². The molecule has 3 rings (SSSR count). The van der Waals surface area contributed by atoms with E-state index in [1.165, 1.54) is 6.07 Å². The SMILES string of the molecule is FC(F)Oc1cccc2c1OC1(C=C2)CCCC1. The average Bonchev–Trinajstić information content (AvgIpc) is 2.78. The second-order valence-electron chi connectivity index (χ2n) is 4.76. The van der Waals surface area contributed by atoms with Gasteiger partial charge in [-0.05, 0) is 37.8 Å². The minimum absolute atomic E-state index is 0.123. The van der Waals surface area contributed by atoms with Gasteiger partial charge in [0.15, 0.2) is 11.5 Å². The maximum absolute atomic E-state index is 12.4. The fourth-order valence-corrected chi connectivity index (χ4v) is 2.68. The van der Waals surface area contributed by atoms with Gasteiger partial charge in [0, 0.05) is 5.56 Å². The highest BCUT2D eigenvalue weighted by molar-refractivity contribution is 5.65. The molecule has 0 bridgehead atoms. The zero-order valence-corrected chi connectivity index (χ0v) is 9.86. The smallest absolute Gasteiger partial charge is 0.387 e. The molecular formula is C14H14F2O2. The maximum Gasteiger partial charge on any atom is 0.387 e. The third-order valence-corrected chi connectivity index (χ3v) is 3.55. The van der Waals surface area contributed by atoms with Crippen molar-refractivity contribution in [3.63, 3.8) is 0 Å². The summed E-state index contributed by atoms with van der Waals surface area (Å²) in [5.74, 6) is 0.570. The van der Waals surface area contributed by atoms with E-state index in [1.54, 1.807) is 6.07 Å². The molecule has 2 aliphatic rings. The van der Waals surface area contributed by atoms with Gasteiger partial charge in [0.2, 0.25) is 0 Å². The quantitative estimate of drug-likeness (QED) is 0.791. The van der Waals surface area contributed by atoms with Gasteiger partial charge in [0.25, 0.3) is 0 Å². The van der Waals surface area contributed by atoms with Crippen molar-refractivity contribution in [2.24, 2.45) is 0 Å². The van der Waals surface area contributed by atoms with Crippen molar-refractivity contribution >= 4 is 6.08 Å². The summed E-state index contributed by atoms with van der Waals surface area (Å²) in [6, 6.07) is 5.05. The summed E-state index contributed by atoms with van der Waals surface area (Å²) >= 11 is 0. The number of alkyl halides is 2. The molecule has 18 heavy (non-hydrogen) atoms. The highest BCUT2D eigenvalue weighted by atomic mass is 19.3. The largest absolute Gasteiger partial charge is 0.479 e. The molecule has 0 radical (unpaired) electrons. The van der Waals surface area contributed by atoms with Crippen LogP contribution in [0.4, 0.5) is 8.78 Å². The molecule has 0 N–H and O–H groups in total. The standard InChI is InChI=1S/C14H14F2O2/c15-13(16)17-11-5-3-4-10-6-9-14(18-12(10)11)7-1-2-8-14/h3-6,9,13H,1-2,7-8H2. The molecule has 1 aliphatic heterocycles. The zero-order chi connectivity index (χ0) is 12.6. The first-order valence-corrected chi connectivity index (χ1v) is 6.15. The van der Waals surface area contributed by atoms with Crippen LogP contribution in [0, 0.1) is 0 Å². The molecule has 0 amide bonds. The number of para-hydroxylation sites is 1. The van der Waals surface area contributed by atoms with Crippen LogP contribution in [0.1, 0.15) is 31.2 Å². The molecule has 96 valence electrons. The molecule has 0 atom stereocenters. The number of hydrogen-bond donors (Lipinski definition) is 0. The molecular weight excluding hydrogens is 238 g/mol. The highest BCUT2D eigenvalue weighted by Gasteiger charge is 2.37. The summed E-state index contributed by atoms with van der Waals surface area (Å²) in [5.41, 5.74) is 0.486. The predicted octanol–water partition coefficient (Wildman–Crippen LogP) is 4.01. The minimum Gasteiger partial charge on any atom is -0.479 e. The molecule has 1 aliphatic carbocycles.